The molecule has 0 aliphatic carbocycles. The highest BCUT2D eigenvalue weighted by atomic mass is 16.5. The van der Waals surface area contributed by atoms with Crippen molar-refractivity contribution in [3.05, 3.63) is 48.0 Å². The van der Waals surface area contributed by atoms with E-state index in [0.717, 1.165) is 27.9 Å². The van der Waals surface area contributed by atoms with Crippen LogP contribution in [0.25, 0.3) is 27.7 Å². The Bertz CT molecular complexity index is 1160. The van der Waals surface area contributed by atoms with E-state index in [-0.39, 0.29) is 0 Å². The van der Waals surface area contributed by atoms with Gasteiger partial charge in [-0.3, -0.25) is 9.72 Å². The van der Waals surface area contributed by atoms with Gasteiger partial charge < -0.3 is 14.9 Å². The van der Waals surface area contributed by atoms with Gasteiger partial charge in [-0.2, -0.15) is 0 Å². The Morgan fingerprint density at radius 3 is 2.77 bits per heavy atom. The Kier molecular flexibility index (Phi) is 3.57. The summed E-state index contributed by atoms with van der Waals surface area (Å²) in [5.41, 5.74) is 9.24. The number of anilines is 2. The number of rotatable bonds is 2. The van der Waals surface area contributed by atoms with Crippen LogP contribution >= 0.6 is 0 Å². The molecule has 0 spiro atoms. The monoisotopic (exact) mass is 350 g/mol. The molecule has 3 aromatic heterocycles. The summed E-state index contributed by atoms with van der Waals surface area (Å²) in [5.74, 6) is 2.12. The molecule has 4 aromatic rings. The van der Waals surface area contributed by atoms with Gasteiger partial charge in [0.15, 0.2) is 0 Å². The van der Waals surface area contributed by atoms with Gasteiger partial charge in [0.05, 0.1) is 7.11 Å². The zero-order valence-corrected chi connectivity index (χ0v) is 14.7. The highest BCUT2D eigenvalue weighted by Crippen LogP contribution is 2.33. The minimum atomic E-state index is -0.524. The van der Waals surface area contributed by atoms with Gasteiger partial charge in [0.1, 0.15) is 28.7 Å². The van der Waals surface area contributed by atoms with Crippen molar-refractivity contribution in [3.63, 3.8) is 0 Å². The lowest BCUT2D eigenvalue weighted by molar-refractivity contribution is 0.187. The third-order valence-corrected chi connectivity index (χ3v) is 4.37. The van der Waals surface area contributed by atoms with Gasteiger partial charge >= 0.3 is 6.09 Å². The Morgan fingerprint density at radius 1 is 1.27 bits per heavy atom. The molecule has 0 aliphatic rings. The molecule has 26 heavy (non-hydrogen) atoms. The standard InChI is InChI=1S/C19H18N4O3/c1-10-8-14(11(2)26-10)16-17(20)23-7-6-12-4-5-13(21-19(24)25-3)9-15(12)18(23)22-16/h4-9H,20H2,1-3H3,(H,21,24). The smallest absolute Gasteiger partial charge is 0.411 e. The number of furan rings is 1. The Labute approximate surface area is 149 Å². The summed E-state index contributed by atoms with van der Waals surface area (Å²) in [6.45, 7) is 3.78. The van der Waals surface area contributed by atoms with Crippen LogP contribution < -0.4 is 11.1 Å². The van der Waals surface area contributed by atoms with E-state index >= 15 is 0 Å². The molecular formula is C19H18N4O3. The molecule has 1 aromatic carbocycles. The first-order valence-corrected chi connectivity index (χ1v) is 8.10. The van der Waals surface area contributed by atoms with Crippen molar-refractivity contribution in [2.45, 2.75) is 13.8 Å². The van der Waals surface area contributed by atoms with Crippen LogP contribution in [0.2, 0.25) is 0 Å². The number of nitrogens with zero attached hydrogens (tertiary/aromatic N) is 2. The summed E-state index contributed by atoms with van der Waals surface area (Å²) in [6.07, 6.45) is 1.36. The molecule has 132 valence electrons. The van der Waals surface area contributed by atoms with Crippen LogP contribution in [0.5, 0.6) is 0 Å². The fourth-order valence-electron chi connectivity index (χ4n) is 3.15. The van der Waals surface area contributed by atoms with Crippen molar-refractivity contribution in [2.24, 2.45) is 0 Å². The normalized spacial score (nSPS) is 11.2. The predicted octanol–water partition coefficient (Wildman–Crippen LogP) is 4.12. The van der Waals surface area contributed by atoms with Crippen molar-refractivity contribution >= 4 is 34.0 Å². The lowest BCUT2D eigenvalue weighted by Crippen LogP contribution is -2.10. The van der Waals surface area contributed by atoms with Crippen molar-refractivity contribution in [1.29, 1.82) is 0 Å². The second-order valence-electron chi connectivity index (χ2n) is 6.10. The molecule has 0 atom stereocenters. The van der Waals surface area contributed by atoms with Gasteiger partial charge in [-0.25, -0.2) is 9.78 Å². The average molecular weight is 350 g/mol. The van der Waals surface area contributed by atoms with E-state index in [1.165, 1.54) is 7.11 Å². The summed E-state index contributed by atoms with van der Waals surface area (Å²) in [6, 6.07) is 9.47. The summed E-state index contributed by atoms with van der Waals surface area (Å²) in [7, 11) is 1.32. The molecule has 7 heteroatoms. The molecule has 0 aliphatic heterocycles. The highest BCUT2D eigenvalue weighted by molar-refractivity contribution is 5.99. The fraction of sp³-hybridized carbons (Fsp3) is 0.158. The van der Waals surface area contributed by atoms with E-state index in [1.54, 1.807) is 0 Å². The predicted molar refractivity (Wildman–Crippen MR) is 100 cm³/mol. The lowest BCUT2D eigenvalue weighted by Gasteiger charge is -2.06. The number of carbonyl (C=O) groups excluding carboxylic acids is 1. The summed E-state index contributed by atoms with van der Waals surface area (Å²) in [4.78, 5) is 16.2. The summed E-state index contributed by atoms with van der Waals surface area (Å²) >= 11 is 0. The number of ether oxygens (including phenoxy) is 1. The summed E-state index contributed by atoms with van der Waals surface area (Å²) in [5, 5.41) is 4.53. The van der Waals surface area contributed by atoms with Crippen molar-refractivity contribution < 1.29 is 13.9 Å². The number of aromatic nitrogens is 2. The van der Waals surface area contributed by atoms with Crippen molar-refractivity contribution in [3.8, 4) is 11.3 Å². The van der Waals surface area contributed by atoms with Crippen LogP contribution in [0.15, 0.2) is 40.9 Å². The first-order chi connectivity index (χ1) is 12.5. The molecular weight excluding hydrogens is 332 g/mol. The van der Waals surface area contributed by atoms with Crippen LogP contribution in [-0.4, -0.2) is 22.6 Å². The molecule has 0 saturated heterocycles. The minimum absolute atomic E-state index is 0.524. The zero-order valence-electron chi connectivity index (χ0n) is 14.7. The van der Waals surface area contributed by atoms with Gasteiger partial charge in [0.25, 0.3) is 0 Å². The van der Waals surface area contributed by atoms with Crippen LogP contribution in [0.4, 0.5) is 16.3 Å². The van der Waals surface area contributed by atoms with Crippen LogP contribution in [0.1, 0.15) is 11.5 Å². The minimum Gasteiger partial charge on any atom is -0.466 e. The van der Waals surface area contributed by atoms with E-state index in [9.17, 15) is 4.79 Å². The molecule has 0 saturated carbocycles. The third-order valence-electron chi connectivity index (χ3n) is 4.37. The van der Waals surface area contributed by atoms with Crippen molar-refractivity contribution in [2.75, 3.05) is 18.2 Å². The second-order valence-corrected chi connectivity index (χ2v) is 6.10. The van der Waals surface area contributed by atoms with Gasteiger partial charge in [-0.15, -0.1) is 0 Å². The number of nitrogens with one attached hydrogen (secondary N) is 1. The van der Waals surface area contributed by atoms with Crippen molar-refractivity contribution in [1.82, 2.24) is 9.38 Å². The van der Waals surface area contributed by atoms with Crippen LogP contribution in [0.3, 0.4) is 0 Å². The van der Waals surface area contributed by atoms with Gasteiger partial charge in [0.2, 0.25) is 0 Å². The fourth-order valence-corrected chi connectivity index (χ4v) is 3.15. The third kappa shape index (κ3) is 2.45. The number of carbonyl (C=O) groups is 1. The number of pyridine rings is 1. The maximum absolute atomic E-state index is 11.5. The number of aryl methyl sites for hydroxylation is 2. The van der Waals surface area contributed by atoms with E-state index in [0.29, 0.717) is 22.8 Å². The van der Waals surface area contributed by atoms with Gasteiger partial charge in [-0.05, 0) is 43.5 Å². The Hall–Kier alpha value is -3.48. The number of methoxy groups -OCH3 is 1. The topological polar surface area (TPSA) is 94.8 Å². The number of imidazole rings is 1. The van der Waals surface area contributed by atoms with E-state index in [2.05, 4.69) is 10.1 Å². The van der Waals surface area contributed by atoms with Gasteiger partial charge in [-0.1, -0.05) is 6.07 Å². The van der Waals surface area contributed by atoms with E-state index in [1.807, 2.05) is 54.8 Å². The first-order valence-electron chi connectivity index (χ1n) is 8.10. The molecule has 3 heterocycles. The number of fused-ring (bicyclic) bond motifs is 3. The quantitative estimate of drug-likeness (QED) is 0.567. The molecule has 1 amide bonds. The molecule has 7 nitrogen and oxygen atoms in total. The number of nitrogens with two attached hydrogens (primary N) is 1. The largest absolute Gasteiger partial charge is 0.466 e. The highest BCUT2D eigenvalue weighted by Gasteiger charge is 2.18. The van der Waals surface area contributed by atoms with E-state index in [4.69, 9.17) is 15.1 Å². The van der Waals surface area contributed by atoms with Crippen LogP contribution in [-0.2, 0) is 4.74 Å². The summed E-state index contributed by atoms with van der Waals surface area (Å²) < 4.78 is 12.1. The van der Waals surface area contributed by atoms with E-state index < -0.39 is 6.09 Å². The number of hydrogen-bond donors (Lipinski definition) is 2. The molecule has 4 rings (SSSR count). The molecule has 0 fully saturated rings. The Balaban J connectivity index is 1.94. The maximum atomic E-state index is 11.5. The molecule has 0 radical (unpaired) electrons. The lowest BCUT2D eigenvalue weighted by atomic mass is 10.1. The molecule has 0 unspecified atom stereocenters. The number of benzene rings is 1. The number of amides is 1. The molecule has 3 N–H and O–H groups in total. The number of hydrogen-bond acceptors (Lipinski definition) is 5. The Morgan fingerprint density at radius 2 is 2.08 bits per heavy atom. The zero-order chi connectivity index (χ0) is 18.4. The number of nitrogen functional groups attached to an aromatic ring is 1. The van der Waals surface area contributed by atoms with Gasteiger partial charge in [0, 0.05) is 22.8 Å². The SMILES string of the molecule is COC(=O)Nc1ccc2ccn3c(N)c(-c4cc(C)oc4C)nc3c2c1. The average Bonchev–Trinajstić information content (AvgIpc) is 3.13. The van der Waals surface area contributed by atoms with Crippen LogP contribution in [0, 0.1) is 13.8 Å². The molecule has 0 bridgehead atoms. The first kappa shape index (κ1) is 16.0. The second kappa shape index (κ2) is 5.80. The maximum Gasteiger partial charge on any atom is 0.411 e.